The van der Waals surface area contributed by atoms with E-state index in [-0.39, 0.29) is 6.10 Å². The molecule has 2 rings (SSSR count). The van der Waals surface area contributed by atoms with Gasteiger partial charge in [-0.1, -0.05) is 12.5 Å². The Morgan fingerprint density at radius 2 is 2.00 bits per heavy atom. The van der Waals surface area contributed by atoms with E-state index in [0.717, 1.165) is 25.7 Å². The predicted octanol–water partition coefficient (Wildman–Crippen LogP) is 1.90. The molecule has 1 amide bonds. The molecule has 0 bridgehead atoms. The van der Waals surface area contributed by atoms with Gasteiger partial charge in [-0.05, 0) is 37.8 Å². The van der Waals surface area contributed by atoms with Crippen molar-refractivity contribution >= 4 is 17.7 Å². The fraction of sp³-hybridized carbons (Fsp3) is 0.462. The summed E-state index contributed by atoms with van der Waals surface area (Å²) in [5.41, 5.74) is 0. The Balaban J connectivity index is 1.83. The zero-order valence-electron chi connectivity index (χ0n) is 10.1. The first-order chi connectivity index (χ1) is 8.75. The predicted molar refractivity (Wildman–Crippen MR) is 65.8 cm³/mol. The molecular formula is C13H16N2O3. The van der Waals surface area contributed by atoms with E-state index in [1.54, 1.807) is 24.4 Å². The van der Waals surface area contributed by atoms with Crippen LogP contribution in [0.4, 0.5) is 5.82 Å². The molecule has 0 radical (unpaired) electrons. The molecule has 0 aliphatic heterocycles. The van der Waals surface area contributed by atoms with Gasteiger partial charge in [-0.15, -0.1) is 0 Å². The second-order valence-electron chi connectivity index (χ2n) is 4.33. The van der Waals surface area contributed by atoms with Crippen molar-refractivity contribution in [1.29, 1.82) is 0 Å². The van der Waals surface area contributed by atoms with Gasteiger partial charge in [-0.2, -0.15) is 0 Å². The Kier molecular flexibility index (Phi) is 4.28. The van der Waals surface area contributed by atoms with Gasteiger partial charge in [-0.25, -0.2) is 9.78 Å². The number of carbonyl (C=O) groups excluding carboxylic acids is 2. The van der Waals surface area contributed by atoms with Crippen LogP contribution in [0.3, 0.4) is 0 Å². The Hall–Kier alpha value is -1.91. The van der Waals surface area contributed by atoms with E-state index in [9.17, 15) is 9.59 Å². The molecular weight excluding hydrogens is 232 g/mol. The second-order valence-corrected chi connectivity index (χ2v) is 4.33. The van der Waals surface area contributed by atoms with Crippen LogP contribution in [-0.4, -0.2) is 23.0 Å². The van der Waals surface area contributed by atoms with Crippen molar-refractivity contribution in [2.24, 2.45) is 0 Å². The monoisotopic (exact) mass is 248 g/mol. The van der Waals surface area contributed by atoms with Gasteiger partial charge < -0.3 is 10.1 Å². The number of nitrogens with zero attached hydrogens (tertiary/aromatic N) is 1. The lowest BCUT2D eigenvalue weighted by atomic mass is 9.98. The van der Waals surface area contributed by atoms with Crippen LogP contribution in [-0.2, 0) is 14.3 Å². The van der Waals surface area contributed by atoms with Gasteiger partial charge in [0.25, 0.3) is 0 Å². The Morgan fingerprint density at radius 1 is 1.22 bits per heavy atom. The number of hydrogen-bond donors (Lipinski definition) is 1. The number of esters is 1. The number of pyridine rings is 1. The zero-order chi connectivity index (χ0) is 12.8. The quantitative estimate of drug-likeness (QED) is 0.641. The minimum atomic E-state index is -0.826. The van der Waals surface area contributed by atoms with E-state index < -0.39 is 11.9 Å². The normalized spacial score (nSPS) is 16.0. The maximum atomic E-state index is 11.6. The van der Waals surface area contributed by atoms with E-state index in [4.69, 9.17) is 4.74 Å². The molecule has 1 heterocycles. The highest BCUT2D eigenvalue weighted by atomic mass is 16.5. The highest BCUT2D eigenvalue weighted by Crippen LogP contribution is 2.20. The minimum Gasteiger partial charge on any atom is -0.455 e. The van der Waals surface area contributed by atoms with Crippen LogP contribution in [0.1, 0.15) is 32.1 Å². The summed E-state index contributed by atoms with van der Waals surface area (Å²) in [5.74, 6) is -1.24. The van der Waals surface area contributed by atoms with Crippen LogP contribution in [0, 0.1) is 0 Å². The van der Waals surface area contributed by atoms with Crippen LogP contribution < -0.4 is 5.32 Å². The van der Waals surface area contributed by atoms with Crippen molar-refractivity contribution < 1.29 is 14.3 Å². The van der Waals surface area contributed by atoms with Gasteiger partial charge >= 0.3 is 11.9 Å². The van der Waals surface area contributed by atoms with Crippen molar-refractivity contribution in [3.05, 3.63) is 24.4 Å². The number of aromatic nitrogens is 1. The first-order valence-corrected chi connectivity index (χ1v) is 6.19. The number of rotatable bonds is 2. The third kappa shape index (κ3) is 3.55. The van der Waals surface area contributed by atoms with Crippen LogP contribution >= 0.6 is 0 Å². The molecule has 1 fully saturated rings. The van der Waals surface area contributed by atoms with Crippen molar-refractivity contribution in [1.82, 2.24) is 4.98 Å². The number of ether oxygens (including phenoxy) is 1. The summed E-state index contributed by atoms with van der Waals surface area (Å²) < 4.78 is 5.15. The molecule has 18 heavy (non-hydrogen) atoms. The number of anilines is 1. The molecule has 1 N–H and O–H groups in total. The van der Waals surface area contributed by atoms with Gasteiger partial charge in [0.05, 0.1) is 0 Å². The molecule has 1 saturated carbocycles. The Labute approximate surface area is 106 Å². The molecule has 0 atom stereocenters. The van der Waals surface area contributed by atoms with Gasteiger partial charge in [0.2, 0.25) is 0 Å². The SMILES string of the molecule is O=C(Nc1ccccn1)C(=O)OC1CCCCC1. The smallest absolute Gasteiger partial charge is 0.397 e. The van der Waals surface area contributed by atoms with Gasteiger partial charge in [0.15, 0.2) is 0 Å². The largest absolute Gasteiger partial charge is 0.455 e. The highest BCUT2D eigenvalue weighted by molar-refractivity contribution is 6.37. The zero-order valence-corrected chi connectivity index (χ0v) is 10.1. The van der Waals surface area contributed by atoms with Crippen molar-refractivity contribution in [3.8, 4) is 0 Å². The second kappa shape index (κ2) is 6.14. The maximum Gasteiger partial charge on any atom is 0.397 e. The molecule has 5 nitrogen and oxygen atoms in total. The summed E-state index contributed by atoms with van der Waals surface area (Å²) >= 11 is 0. The summed E-state index contributed by atoms with van der Waals surface area (Å²) in [5, 5.41) is 2.41. The molecule has 5 heteroatoms. The molecule has 1 aliphatic carbocycles. The first-order valence-electron chi connectivity index (χ1n) is 6.19. The molecule has 0 spiro atoms. The fourth-order valence-electron chi connectivity index (χ4n) is 1.99. The lowest BCUT2D eigenvalue weighted by Gasteiger charge is -2.21. The third-order valence-electron chi connectivity index (χ3n) is 2.92. The standard InChI is InChI=1S/C13H16N2O3/c16-12(15-11-8-4-5-9-14-11)13(17)18-10-6-2-1-3-7-10/h4-5,8-10H,1-3,6-7H2,(H,14,15,16). The fourth-order valence-corrected chi connectivity index (χ4v) is 1.99. The number of amides is 1. The molecule has 0 aromatic carbocycles. The molecule has 0 saturated heterocycles. The average molecular weight is 248 g/mol. The van der Waals surface area contributed by atoms with E-state index in [1.165, 1.54) is 6.42 Å². The summed E-state index contributed by atoms with van der Waals surface area (Å²) in [6.07, 6.45) is 6.42. The third-order valence-corrected chi connectivity index (χ3v) is 2.92. The minimum absolute atomic E-state index is 0.110. The molecule has 96 valence electrons. The maximum absolute atomic E-state index is 11.6. The Bertz CT molecular complexity index is 414. The van der Waals surface area contributed by atoms with Crippen LogP contribution in [0.2, 0.25) is 0 Å². The van der Waals surface area contributed by atoms with E-state index in [1.807, 2.05) is 0 Å². The average Bonchev–Trinajstić information content (AvgIpc) is 2.41. The lowest BCUT2D eigenvalue weighted by Crippen LogP contribution is -2.30. The lowest BCUT2D eigenvalue weighted by molar-refractivity contribution is -0.157. The van der Waals surface area contributed by atoms with Crippen molar-refractivity contribution in [2.75, 3.05) is 5.32 Å². The first kappa shape index (κ1) is 12.5. The summed E-state index contributed by atoms with van der Waals surface area (Å²) in [6, 6.07) is 5.08. The topological polar surface area (TPSA) is 68.3 Å². The summed E-state index contributed by atoms with van der Waals surface area (Å²) in [7, 11) is 0. The molecule has 1 aromatic heterocycles. The molecule has 1 aliphatic rings. The Morgan fingerprint density at radius 3 is 2.67 bits per heavy atom. The number of carbonyl (C=O) groups is 2. The van der Waals surface area contributed by atoms with Gasteiger partial charge in [-0.3, -0.25) is 4.79 Å². The number of nitrogens with one attached hydrogen (secondary N) is 1. The van der Waals surface area contributed by atoms with Crippen LogP contribution in [0.25, 0.3) is 0 Å². The number of hydrogen-bond acceptors (Lipinski definition) is 4. The van der Waals surface area contributed by atoms with Crippen LogP contribution in [0.5, 0.6) is 0 Å². The van der Waals surface area contributed by atoms with Crippen LogP contribution in [0.15, 0.2) is 24.4 Å². The summed E-state index contributed by atoms with van der Waals surface area (Å²) in [6.45, 7) is 0. The van der Waals surface area contributed by atoms with E-state index in [2.05, 4.69) is 10.3 Å². The van der Waals surface area contributed by atoms with E-state index in [0.29, 0.717) is 5.82 Å². The molecule has 1 aromatic rings. The highest BCUT2D eigenvalue weighted by Gasteiger charge is 2.22. The van der Waals surface area contributed by atoms with Gasteiger partial charge in [0, 0.05) is 6.20 Å². The molecule has 0 unspecified atom stereocenters. The summed E-state index contributed by atoms with van der Waals surface area (Å²) in [4.78, 5) is 27.0. The van der Waals surface area contributed by atoms with Crippen molar-refractivity contribution in [3.63, 3.8) is 0 Å². The van der Waals surface area contributed by atoms with E-state index >= 15 is 0 Å². The van der Waals surface area contributed by atoms with Gasteiger partial charge in [0.1, 0.15) is 11.9 Å². The van der Waals surface area contributed by atoms with Crippen molar-refractivity contribution in [2.45, 2.75) is 38.2 Å².